The van der Waals surface area contributed by atoms with E-state index in [0.717, 1.165) is 10.5 Å². The van der Waals surface area contributed by atoms with E-state index in [2.05, 4.69) is 5.32 Å². The molecule has 1 aliphatic carbocycles. The molecule has 23 heavy (non-hydrogen) atoms. The molecule has 1 amide bonds. The summed E-state index contributed by atoms with van der Waals surface area (Å²) in [4.78, 5) is 13.8. The van der Waals surface area contributed by atoms with Crippen LogP contribution in [-0.2, 0) is 4.79 Å². The van der Waals surface area contributed by atoms with Gasteiger partial charge in [-0.05, 0) is 36.5 Å². The smallest absolute Gasteiger partial charge is 0.238 e. The topological polar surface area (TPSA) is 55.1 Å². The molecule has 4 heteroatoms. The fraction of sp³-hybridized carbons (Fsp3) is 0.316. The van der Waals surface area contributed by atoms with Crippen molar-refractivity contribution in [1.29, 1.82) is 0 Å². The van der Waals surface area contributed by atoms with E-state index in [9.17, 15) is 4.79 Å². The third kappa shape index (κ3) is 4.60. The molecule has 2 atom stereocenters. The van der Waals surface area contributed by atoms with Crippen molar-refractivity contribution in [2.24, 2.45) is 11.7 Å². The van der Waals surface area contributed by atoms with Gasteiger partial charge in [-0.3, -0.25) is 4.79 Å². The summed E-state index contributed by atoms with van der Waals surface area (Å²) in [6.07, 6.45) is 2.38. The fourth-order valence-corrected chi connectivity index (χ4v) is 3.61. The first kappa shape index (κ1) is 16.1. The largest absolute Gasteiger partial charge is 0.353 e. The molecule has 1 fully saturated rings. The molecule has 1 aliphatic rings. The van der Waals surface area contributed by atoms with E-state index in [-0.39, 0.29) is 17.2 Å². The van der Waals surface area contributed by atoms with E-state index < -0.39 is 0 Å². The Hall–Kier alpha value is -1.78. The number of carbonyl (C=O) groups is 1. The first-order valence-corrected chi connectivity index (χ1v) is 8.92. The predicted molar refractivity (Wildman–Crippen MR) is 95.2 cm³/mol. The van der Waals surface area contributed by atoms with Crippen molar-refractivity contribution in [2.75, 3.05) is 6.54 Å². The molecular formula is C19H22N2OS. The van der Waals surface area contributed by atoms with E-state index in [1.54, 1.807) is 11.8 Å². The van der Waals surface area contributed by atoms with Crippen molar-refractivity contribution in [3.8, 4) is 0 Å². The molecule has 3 rings (SSSR count). The maximum atomic E-state index is 12.7. The van der Waals surface area contributed by atoms with E-state index in [0.29, 0.717) is 12.5 Å². The van der Waals surface area contributed by atoms with Crippen molar-refractivity contribution in [2.45, 2.75) is 29.0 Å². The lowest BCUT2D eigenvalue weighted by atomic mass is 10.1. The Kier molecular flexibility index (Phi) is 5.36. The SMILES string of the molecule is NC(CNC(=O)C(Sc1ccccc1)c1ccccc1)C1CC1. The third-order valence-electron chi connectivity index (χ3n) is 4.08. The second kappa shape index (κ2) is 7.66. The van der Waals surface area contributed by atoms with Gasteiger partial charge in [0.15, 0.2) is 0 Å². The highest BCUT2D eigenvalue weighted by molar-refractivity contribution is 8.00. The number of nitrogens with one attached hydrogen (secondary N) is 1. The molecule has 2 aromatic rings. The molecule has 0 heterocycles. The Labute approximate surface area is 141 Å². The molecule has 0 aliphatic heterocycles. The van der Waals surface area contributed by atoms with Gasteiger partial charge in [-0.2, -0.15) is 0 Å². The molecule has 0 saturated heterocycles. The minimum absolute atomic E-state index is 0.0288. The number of amides is 1. The van der Waals surface area contributed by atoms with Gasteiger partial charge in [0.25, 0.3) is 0 Å². The van der Waals surface area contributed by atoms with Crippen molar-refractivity contribution in [3.63, 3.8) is 0 Å². The van der Waals surface area contributed by atoms with E-state index in [1.807, 2.05) is 60.7 Å². The van der Waals surface area contributed by atoms with Gasteiger partial charge in [0.2, 0.25) is 5.91 Å². The first-order chi connectivity index (χ1) is 11.2. The average molecular weight is 326 g/mol. The van der Waals surface area contributed by atoms with Gasteiger partial charge < -0.3 is 11.1 Å². The normalized spacial score (nSPS) is 16.6. The zero-order valence-electron chi connectivity index (χ0n) is 13.0. The summed E-state index contributed by atoms with van der Waals surface area (Å²) in [5.74, 6) is 0.619. The van der Waals surface area contributed by atoms with Gasteiger partial charge >= 0.3 is 0 Å². The van der Waals surface area contributed by atoms with Gasteiger partial charge in [0.05, 0.1) is 0 Å². The number of rotatable bonds is 7. The van der Waals surface area contributed by atoms with Crippen LogP contribution in [0.5, 0.6) is 0 Å². The second-order valence-corrected chi connectivity index (χ2v) is 7.15. The number of hydrogen-bond acceptors (Lipinski definition) is 3. The molecule has 2 unspecified atom stereocenters. The number of thioether (sulfide) groups is 1. The van der Waals surface area contributed by atoms with Crippen LogP contribution in [0.1, 0.15) is 23.7 Å². The summed E-state index contributed by atoms with van der Waals surface area (Å²) in [6, 6.07) is 20.0. The second-order valence-electron chi connectivity index (χ2n) is 5.97. The standard InChI is InChI=1S/C19H22N2OS/c20-17(14-11-12-14)13-21-19(22)18(15-7-3-1-4-8-15)23-16-9-5-2-6-10-16/h1-10,14,17-18H,11-13,20H2,(H,21,22). The van der Waals surface area contributed by atoms with Crippen LogP contribution < -0.4 is 11.1 Å². The van der Waals surface area contributed by atoms with Crippen LogP contribution in [0.4, 0.5) is 0 Å². The summed E-state index contributed by atoms with van der Waals surface area (Å²) in [5, 5.41) is 2.78. The Morgan fingerprint density at radius 3 is 2.30 bits per heavy atom. The zero-order valence-corrected chi connectivity index (χ0v) is 13.8. The summed E-state index contributed by atoms with van der Waals surface area (Å²) < 4.78 is 0. The van der Waals surface area contributed by atoms with E-state index in [4.69, 9.17) is 5.73 Å². The van der Waals surface area contributed by atoms with E-state index in [1.165, 1.54) is 12.8 Å². The van der Waals surface area contributed by atoms with Gasteiger partial charge in [-0.1, -0.05) is 48.5 Å². The average Bonchev–Trinajstić information content (AvgIpc) is 3.44. The lowest BCUT2D eigenvalue weighted by molar-refractivity contribution is -0.120. The molecule has 1 saturated carbocycles. The van der Waals surface area contributed by atoms with Crippen LogP contribution in [-0.4, -0.2) is 18.5 Å². The monoisotopic (exact) mass is 326 g/mol. The highest BCUT2D eigenvalue weighted by Gasteiger charge is 2.29. The van der Waals surface area contributed by atoms with Crippen molar-refractivity contribution in [3.05, 3.63) is 66.2 Å². The zero-order chi connectivity index (χ0) is 16.1. The first-order valence-electron chi connectivity index (χ1n) is 8.04. The quantitative estimate of drug-likeness (QED) is 0.767. The van der Waals surface area contributed by atoms with Crippen molar-refractivity contribution in [1.82, 2.24) is 5.32 Å². The van der Waals surface area contributed by atoms with Crippen LogP contribution in [0.3, 0.4) is 0 Å². The molecule has 2 aromatic carbocycles. The Morgan fingerprint density at radius 1 is 1.09 bits per heavy atom. The molecule has 120 valence electrons. The lowest BCUT2D eigenvalue weighted by Crippen LogP contribution is -2.40. The Balaban J connectivity index is 1.70. The van der Waals surface area contributed by atoms with Gasteiger partial charge in [-0.25, -0.2) is 0 Å². The maximum absolute atomic E-state index is 12.7. The van der Waals surface area contributed by atoms with Crippen LogP contribution >= 0.6 is 11.8 Å². The molecule has 0 spiro atoms. The summed E-state index contributed by atoms with van der Waals surface area (Å²) in [6.45, 7) is 0.558. The highest BCUT2D eigenvalue weighted by Crippen LogP contribution is 2.35. The van der Waals surface area contributed by atoms with Gasteiger partial charge in [0, 0.05) is 17.5 Å². The number of benzene rings is 2. The van der Waals surface area contributed by atoms with Crippen LogP contribution in [0.15, 0.2) is 65.6 Å². The van der Waals surface area contributed by atoms with Crippen molar-refractivity contribution >= 4 is 17.7 Å². The van der Waals surface area contributed by atoms with Crippen LogP contribution in [0.2, 0.25) is 0 Å². The fourth-order valence-electron chi connectivity index (χ4n) is 2.54. The summed E-state index contributed by atoms with van der Waals surface area (Å²) in [5.41, 5.74) is 7.11. The lowest BCUT2D eigenvalue weighted by Gasteiger charge is -2.19. The number of hydrogen-bond donors (Lipinski definition) is 2. The highest BCUT2D eigenvalue weighted by atomic mass is 32.2. The van der Waals surface area contributed by atoms with Gasteiger partial charge in [0.1, 0.15) is 5.25 Å². The third-order valence-corrected chi connectivity index (χ3v) is 5.34. The number of carbonyl (C=O) groups excluding carboxylic acids is 1. The molecular weight excluding hydrogens is 304 g/mol. The minimum atomic E-state index is -0.259. The summed E-state index contributed by atoms with van der Waals surface area (Å²) >= 11 is 1.57. The molecule has 3 nitrogen and oxygen atoms in total. The Morgan fingerprint density at radius 2 is 1.70 bits per heavy atom. The van der Waals surface area contributed by atoms with E-state index >= 15 is 0 Å². The molecule has 3 N–H and O–H groups in total. The van der Waals surface area contributed by atoms with Crippen LogP contribution in [0, 0.1) is 5.92 Å². The predicted octanol–water partition coefficient (Wildman–Crippen LogP) is 3.37. The molecule has 0 aromatic heterocycles. The maximum Gasteiger partial charge on any atom is 0.238 e. The summed E-state index contributed by atoms with van der Waals surface area (Å²) in [7, 11) is 0. The van der Waals surface area contributed by atoms with Gasteiger partial charge in [-0.15, -0.1) is 11.8 Å². The molecule has 0 radical (unpaired) electrons. The Bertz CT molecular complexity index is 628. The van der Waals surface area contributed by atoms with Crippen molar-refractivity contribution < 1.29 is 4.79 Å². The molecule has 0 bridgehead atoms. The van der Waals surface area contributed by atoms with Crippen LogP contribution in [0.25, 0.3) is 0 Å². The minimum Gasteiger partial charge on any atom is -0.353 e. The number of nitrogens with two attached hydrogens (primary N) is 1.